The first-order chi connectivity index (χ1) is 31.8. The van der Waals surface area contributed by atoms with Crippen molar-refractivity contribution in [3.8, 4) is 34.9 Å². The second-order valence-electron chi connectivity index (χ2n) is 16.3. The van der Waals surface area contributed by atoms with Gasteiger partial charge in [-0.1, -0.05) is 146 Å². The monoisotopic (exact) mass is 818 g/mol. The molecule has 0 amide bonds. The number of hydrogen-bond donors (Lipinski definition) is 0. The summed E-state index contributed by atoms with van der Waals surface area (Å²) in [5.41, 5.74) is 9.76. The topological polar surface area (TPSA) is 71.3 Å². The van der Waals surface area contributed by atoms with Crippen molar-refractivity contribution >= 4 is 87.2 Å². The van der Waals surface area contributed by atoms with Crippen LogP contribution in [0, 0.1) is 0 Å². The lowest BCUT2D eigenvalue weighted by Gasteiger charge is -2.17. The number of para-hydroxylation sites is 8. The van der Waals surface area contributed by atoms with E-state index in [1.807, 2.05) is 0 Å². The van der Waals surface area contributed by atoms with Crippen LogP contribution in [0.1, 0.15) is 0 Å². The average Bonchev–Trinajstić information content (AvgIpc) is 4.09. The van der Waals surface area contributed by atoms with E-state index >= 15 is 0 Å². The van der Waals surface area contributed by atoms with Crippen molar-refractivity contribution in [1.29, 1.82) is 0 Å². The molecule has 8 heteroatoms. The largest absolute Gasteiger partial charge is 0.307 e. The van der Waals surface area contributed by atoms with Crippen molar-refractivity contribution in [1.82, 2.24) is 38.2 Å². The van der Waals surface area contributed by atoms with Gasteiger partial charge in [-0.3, -0.25) is 13.7 Å². The zero-order valence-corrected chi connectivity index (χ0v) is 34.2. The van der Waals surface area contributed by atoms with Crippen LogP contribution in [-0.2, 0) is 0 Å². The molecular formula is C56H34N8. The Kier molecular flexibility index (Phi) is 7.23. The third-order valence-electron chi connectivity index (χ3n) is 12.9. The first-order valence-corrected chi connectivity index (χ1v) is 21.5. The molecule has 0 fully saturated rings. The van der Waals surface area contributed by atoms with Crippen molar-refractivity contribution in [3.63, 3.8) is 0 Å². The summed E-state index contributed by atoms with van der Waals surface area (Å²) in [6, 6.07) is 72.4. The molecule has 0 saturated heterocycles. The number of pyridine rings is 1. The van der Waals surface area contributed by atoms with Gasteiger partial charge in [0.1, 0.15) is 11.5 Å². The van der Waals surface area contributed by atoms with Crippen molar-refractivity contribution in [2.75, 3.05) is 0 Å². The number of fused-ring (bicyclic) bond motifs is 12. The van der Waals surface area contributed by atoms with Crippen molar-refractivity contribution < 1.29 is 0 Å². The highest BCUT2D eigenvalue weighted by molar-refractivity contribution is 6.12. The number of aromatic nitrogens is 8. The molecule has 0 radical (unpaired) electrons. The van der Waals surface area contributed by atoms with Crippen LogP contribution in [0.4, 0.5) is 0 Å². The van der Waals surface area contributed by atoms with E-state index in [2.05, 4.69) is 225 Å². The molecule has 0 atom stereocenters. The second-order valence-corrected chi connectivity index (χ2v) is 16.3. The van der Waals surface area contributed by atoms with Gasteiger partial charge in [0.25, 0.3) is 0 Å². The Bertz CT molecular complexity index is 3880. The van der Waals surface area contributed by atoms with Crippen LogP contribution in [-0.4, -0.2) is 38.2 Å². The highest BCUT2D eigenvalue weighted by Gasteiger charge is 2.25. The van der Waals surface area contributed by atoms with E-state index in [9.17, 15) is 0 Å². The predicted molar refractivity (Wildman–Crippen MR) is 260 cm³/mol. The highest BCUT2D eigenvalue weighted by atomic mass is 15.3. The van der Waals surface area contributed by atoms with Crippen LogP contribution in [0.15, 0.2) is 206 Å². The maximum Gasteiger partial charge on any atom is 0.240 e. The zero-order valence-electron chi connectivity index (χ0n) is 34.2. The smallest absolute Gasteiger partial charge is 0.240 e. The third kappa shape index (κ3) is 4.87. The summed E-state index contributed by atoms with van der Waals surface area (Å²) in [7, 11) is 0. The minimum atomic E-state index is 0.447. The van der Waals surface area contributed by atoms with E-state index in [0.29, 0.717) is 23.4 Å². The Morgan fingerprint density at radius 1 is 0.234 bits per heavy atom. The normalized spacial score (nSPS) is 12.1. The minimum absolute atomic E-state index is 0.447. The van der Waals surface area contributed by atoms with Gasteiger partial charge in [0.15, 0.2) is 5.82 Å². The molecule has 8 aromatic carbocycles. The molecule has 0 unspecified atom stereocenters. The van der Waals surface area contributed by atoms with E-state index in [0.717, 1.165) is 98.7 Å². The number of rotatable bonds is 5. The zero-order chi connectivity index (χ0) is 41.9. The van der Waals surface area contributed by atoms with Gasteiger partial charge in [0.05, 0.1) is 49.8 Å². The Hall–Kier alpha value is -8.88. The fourth-order valence-electron chi connectivity index (χ4n) is 10.2. The summed E-state index contributed by atoms with van der Waals surface area (Å²) in [6.45, 7) is 0. The van der Waals surface area contributed by atoms with Gasteiger partial charge < -0.3 is 4.57 Å². The number of benzene rings is 8. The molecular weight excluding hydrogens is 785 g/mol. The Morgan fingerprint density at radius 2 is 0.516 bits per heavy atom. The lowest BCUT2D eigenvalue weighted by molar-refractivity contribution is 0.886. The maximum absolute atomic E-state index is 5.72. The molecule has 0 saturated carbocycles. The van der Waals surface area contributed by atoms with Gasteiger partial charge in [0, 0.05) is 43.1 Å². The van der Waals surface area contributed by atoms with Gasteiger partial charge in [-0.15, -0.1) is 0 Å². The molecule has 14 rings (SSSR count). The lowest BCUT2D eigenvalue weighted by Crippen LogP contribution is -2.12. The Labute approximate surface area is 365 Å². The average molecular weight is 819 g/mol. The molecule has 0 aliphatic carbocycles. The van der Waals surface area contributed by atoms with Gasteiger partial charge >= 0.3 is 0 Å². The fraction of sp³-hybridized carbons (Fsp3) is 0. The quantitative estimate of drug-likeness (QED) is 0.173. The summed E-state index contributed by atoms with van der Waals surface area (Å²) >= 11 is 0. The SMILES string of the molecule is c1ccc2c(c1)c1ccccc1n2-c1ccc(-n2c3ccccc3c3ccccc32)c(-c2nc(-n3c4ccccc4c4ccccc43)nc(-n3c4ccccc4c4ccccc43)n2)n1. The maximum atomic E-state index is 5.72. The fourth-order valence-corrected chi connectivity index (χ4v) is 10.2. The number of hydrogen-bond acceptors (Lipinski definition) is 4. The van der Waals surface area contributed by atoms with Gasteiger partial charge in [0.2, 0.25) is 11.9 Å². The van der Waals surface area contributed by atoms with Crippen LogP contribution >= 0.6 is 0 Å². The molecule has 64 heavy (non-hydrogen) atoms. The van der Waals surface area contributed by atoms with E-state index in [1.54, 1.807) is 0 Å². The summed E-state index contributed by atoms with van der Waals surface area (Å²) < 4.78 is 8.91. The van der Waals surface area contributed by atoms with E-state index in [1.165, 1.54) is 0 Å². The molecule has 8 nitrogen and oxygen atoms in total. The molecule has 6 aromatic heterocycles. The van der Waals surface area contributed by atoms with Crippen LogP contribution in [0.2, 0.25) is 0 Å². The molecule has 0 N–H and O–H groups in total. The summed E-state index contributed by atoms with van der Waals surface area (Å²) in [5, 5.41) is 9.12. The lowest BCUT2D eigenvalue weighted by atomic mass is 10.2. The number of nitrogens with zero attached hydrogens (tertiary/aromatic N) is 8. The van der Waals surface area contributed by atoms with Gasteiger partial charge in [-0.05, 0) is 60.7 Å². The summed E-state index contributed by atoms with van der Waals surface area (Å²) in [6.07, 6.45) is 0. The van der Waals surface area contributed by atoms with Crippen LogP contribution < -0.4 is 0 Å². The van der Waals surface area contributed by atoms with Gasteiger partial charge in [-0.2, -0.15) is 15.0 Å². The third-order valence-corrected chi connectivity index (χ3v) is 12.9. The highest BCUT2D eigenvalue weighted by Crippen LogP contribution is 2.39. The van der Waals surface area contributed by atoms with Crippen LogP contribution in [0.5, 0.6) is 0 Å². The molecule has 0 bridgehead atoms. The molecule has 0 aliphatic rings. The molecule has 14 aromatic rings. The van der Waals surface area contributed by atoms with Crippen LogP contribution in [0.25, 0.3) is 122 Å². The van der Waals surface area contributed by atoms with E-state index < -0.39 is 0 Å². The first kappa shape index (κ1) is 34.8. The summed E-state index contributed by atoms with van der Waals surface area (Å²) in [5.74, 6) is 2.20. The van der Waals surface area contributed by atoms with Crippen molar-refractivity contribution in [2.24, 2.45) is 0 Å². The van der Waals surface area contributed by atoms with Crippen molar-refractivity contribution in [2.45, 2.75) is 0 Å². The minimum Gasteiger partial charge on any atom is -0.307 e. The second kappa shape index (κ2) is 13.3. The predicted octanol–water partition coefficient (Wildman–Crippen LogP) is 13.3. The first-order valence-electron chi connectivity index (χ1n) is 21.5. The van der Waals surface area contributed by atoms with E-state index in [-0.39, 0.29) is 0 Å². The summed E-state index contributed by atoms with van der Waals surface area (Å²) in [4.78, 5) is 22.2. The standard InChI is InChI=1S/C56H34N8/c1-9-25-43-35(17-1)36-18-2-10-26-44(36)61(43)51-33-34-52(62-45-27-11-3-19-37(45)38-20-4-12-28-46(38)62)57-53(51)54-58-55(63-47-29-13-5-21-39(47)40-22-6-14-30-48(40)63)60-56(59-54)64-49-31-15-7-23-41(49)42-24-8-16-32-50(42)64/h1-34H. The Balaban J connectivity index is 1.15. The Morgan fingerprint density at radius 3 is 0.844 bits per heavy atom. The van der Waals surface area contributed by atoms with E-state index in [4.69, 9.17) is 19.9 Å². The van der Waals surface area contributed by atoms with Crippen LogP contribution in [0.3, 0.4) is 0 Å². The molecule has 0 spiro atoms. The molecule has 6 heterocycles. The van der Waals surface area contributed by atoms with Gasteiger partial charge in [-0.25, -0.2) is 4.98 Å². The molecule has 0 aliphatic heterocycles. The van der Waals surface area contributed by atoms with Crippen molar-refractivity contribution in [3.05, 3.63) is 206 Å². The molecule has 298 valence electrons.